The second-order valence-electron chi connectivity index (χ2n) is 7.50. The van der Waals surface area contributed by atoms with Crippen molar-refractivity contribution in [2.24, 2.45) is 11.5 Å². The summed E-state index contributed by atoms with van der Waals surface area (Å²) in [6, 6.07) is 15.8. The van der Waals surface area contributed by atoms with Gasteiger partial charge in [0.05, 0.1) is 5.69 Å². The fourth-order valence-corrected chi connectivity index (χ4v) is 3.90. The van der Waals surface area contributed by atoms with Gasteiger partial charge in [0.15, 0.2) is 0 Å². The normalized spacial score (nSPS) is 14.6. The number of nitrogens with zero attached hydrogens (tertiary/aromatic N) is 3. The van der Waals surface area contributed by atoms with E-state index in [1.54, 1.807) is 6.20 Å². The van der Waals surface area contributed by atoms with Crippen molar-refractivity contribution >= 4 is 5.91 Å². The number of carbonyl (C=O) groups is 1. The van der Waals surface area contributed by atoms with Gasteiger partial charge in [-0.25, -0.2) is 9.99 Å². The maximum absolute atomic E-state index is 13.0. The third kappa shape index (κ3) is 4.14. The highest BCUT2D eigenvalue weighted by Gasteiger charge is 2.21. The van der Waals surface area contributed by atoms with Crippen LogP contribution in [0.15, 0.2) is 54.7 Å². The quantitative estimate of drug-likeness (QED) is 0.586. The van der Waals surface area contributed by atoms with Crippen molar-refractivity contribution < 1.29 is 4.79 Å². The summed E-state index contributed by atoms with van der Waals surface area (Å²) in [4.78, 5) is 17.7. The number of hydrazine groups is 1. The van der Waals surface area contributed by atoms with E-state index in [2.05, 4.69) is 5.43 Å². The number of amides is 1. The van der Waals surface area contributed by atoms with Gasteiger partial charge < -0.3 is 11.5 Å². The van der Waals surface area contributed by atoms with Gasteiger partial charge in [-0.05, 0) is 30.0 Å². The minimum atomic E-state index is -0.202. The average Bonchev–Trinajstić information content (AvgIpc) is 3.25. The monoisotopic (exact) mass is 404 g/mol. The number of para-hydroxylation sites is 1. The van der Waals surface area contributed by atoms with E-state index in [1.807, 2.05) is 58.1 Å². The predicted octanol–water partition coefficient (Wildman–Crippen LogP) is 2.59. The molecular weight excluding hydrogens is 376 g/mol. The highest BCUT2D eigenvalue weighted by molar-refractivity contribution is 5.92. The van der Waals surface area contributed by atoms with Crippen molar-refractivity contribution in [3.63, 3.8) is 0 Å². The van der Waals surface area contributed by atoms with Crippen molar-refractivity contribution in [1.29, 1.82) is 0 Å². The van der Waals surface area contributed by atoms with Crippen LogP contribution in [0.25, 0.3) is 17.1 Å². The molecule has 7 heteroatoms. The molecule has 1 saturated heterocycles. The number of rotatable bonds is 6. The number of carbonyl (C=O) groups excluding carboxylic acids is 1. The summed E-state index contributed by atoms with van der Waals surface area (Å²) in [6.07, 6.45) is 5.18. The van der Waals surface area contributed by atoms with Crippen molar-refractivity contribution in [3.05, 3.63) is 71.5 Å². The van der Waals surface area contributed by atoms with Crippen LogP contribution < -0.4 is 16.9 Å². The van der Waals surface area contributed by atoms with E-state index in [-0.39, 0.29) is 5.91 Å². The predicted molar refractivity (Wildman–Crippen MR) is 118 cm³/mol. The van der Waals surface area contributed by atoms with Gasteiger partial charge in [-0.15, -0.1) is 0 Å². The Balaban J connectivity index is 1.78. The summed E-state index contributed by atoms with van der Waals surface area (Å²) in [5.41, 5.74) is 19.1. The number of hydrogen-bond donors (Lipinski definition) is 3. The Hall–Kier alpha value is -3.00. The zero-order valence-electron chi connectivity index (χ0n) is 17.1. The third-order valence-corrected chi connectivity index (χ3v) is 5.50. The number of imidazole rings is 1. The molecule has 2 heterocycles. The van der Waals surface area contributed by atoms with Crippen LogP contribution in [0.1, 0.15) is 40.9 Å². The van der Waals surface area contributed by atoms with E-state index in [1.165, 1.54) is 6.42 Å². The van der Waals surface area contributed by atoms with Crippen LogP contribution >= 0.6 is 0 Å². The van der Waals surface area contributed by atoms with Gasteiger partial charge in [0, 0.05) is 37.9 Å². The van der Waals surface area contributed by atoms with Gasteiger partial charge in [0.1, 0.15) is 11.5 Å². The standard InChI is InChI=1S/C23H28N6O/c24-14-17-8-2-4-10-19(17)22-26-20(23(30)27-28-12-6-1-7-13-28)16-29(22)21-11-5-3-9-18(21)15-25/h2-5,8-11,16H,1,6-7,12-15,24-25H2,(H,27,30). The topological polar surface area (TPSA) is 102 Å². The van der Waals surface area contributed by atoms with Crippen molar-refractivity contribution in [2.45, 2.75) is 32.4 Å². The fourth-order valence-electron chi connectivity index (χ4n) is 3.90. The number of piperidine rings is 1. The second-order valence-corrected chi connectivity index (χ2v) is 7.50. The minimum absolute atomic E-state index is 0.202. The molecule has 0 bridgehead atoms. The summed E-state index contributed by atoms with van der Waals surface area (Å²) in [7, 11) is 0. The van der Waals surface area contributed by atoms with Crippen LogP contribution in [0.3, 0.4) is 0 Å². The van der Waals surface area contributed by atoms with E-state index in [0.717, 1.165) is 48.3 Å². The molecule has 0 radical (unpaired) electrons. The van der Waals surface area contributed by atoms with E-state index < -0.39 is 0 Å². The first-order chi connectivity index (χ1) is 14.7. The lowest BCUT2D eigenvalue weighted by atomic mass is 10.1. The van der Waals surface area contributed by atoms with Gasteiger partial charge in [0.2, 0.25) is 0 Å². The SMILES string of the molecule is NCc1ccccc1-c1nc(C(=O)NN2CCCCC2)cn1-c1ccccc1CN. The largest absolute Gasteiger partial charge is 0.326 e. The molecule has 1 aliphatic heterocycles. The van der Waals surface area contributed by atoms with Crippen LogP contribution in [0.4, 0.5) is 0 Å². The molecule has 2 aromatic carbocycles. The molecule has 0 unspecified atom stereocenters. The highest BCUT2D eigenvalue weighted by Crippen LogP contribution is 2.28. The first-order valence-corrected chi connectivity index (χ1v) is 10.4. The number of benzene rings is 2. The Kier molecular flexibility index (Phi) is 6.23. The molecule has 0 atom stereocenters. The van der Waals surface area contributed by atoms with Gasteiger partial charge in [-0.1, -0.05) is 48.9 Å². The Morgan fingerprint density at radius 1 is 0.933 bits per heavy atom. The highest BCUT2D eigenvalue weighted by atomic mass is 16.2. The molecule has 0 saturated carbocycles. The summed E-state index contributed by atoms with van der Waals surface area (Å²) in [6.45, 7) is 2.51. The van der Waals surface area contributed by atoms with Gasteiger partial charge in [0.25, 0.3) is 5.91 Å². The van der Waals surface area contributed by atoms with Crippen molar-refractivity contribution in [1.82, 2.24) is 20.0 Å². The first-order valence-electron chi connectivity index (χ1n) is 10.4. The van der Waals surface area contributed by atoms with E-state index in [9.17, 15) is 4.79 Å². The number of nitrogens with two attached hydrogens (primary N) is 2. The molecule has 7 nitrogen and oxygen atoms in total. The molecule has 1 aromatic heterocycles. The summed E-state index contributed by atoms with van der Waals surface area (Å²) >= 11 is 0. The molecular formula is C23H28N6O. The van der Waals surface area contributed by atoms with Crippen LogP contribution in [-0.4, -0.2) is 33.6 Å². The van der Waals surface area contributed by atoms with E-state index >= 15 is 0 Å². The van der Waals surface area contributed by atoms with Gasteiger partial charge in [-0.3, -0.25) is 14.8 Å². The Morgan fingerprint density at radius 3 is 2.33 bits per heavy atom. The Bertz CT molecular complexity index is 957. The lowest BCUT2D eigenvalue weighted by Crippen LogP contribution is -2.45. The molecule has 3 aromatic rings. The minimum Gasteiger partial charge on any atom is -0.326 e. The summed E-state index contributed by atoms with van der Waals surface area (Å²) in [5.74, 6) is 0.480. The van der Waals surface area contributed by atoms with Crippen molar-refractivity contribution in [2.75, 3.05) is 13.1 Å². The molecule has 0 aliphatic carbocycles. The number of hydrogen-bond acceptors (Lipinski definition) is 5. The first kappa shape index (κ1) is 20.3. The second kappa shape index (κ2) is 9.21. The molecule has 1 amide bonds. The molecule has 30 heavy (non-hydrogen) atoms. The lowest BCUT2D eigenvalue weighted by Gasteiger charge is -2.26. The van der Waals surface area contributed by atoms with Crippen LogP contribution in [0.5, 0.6) is 0 Å². The van der Waals surface area contributed by atoms with E-state index in [0.29, 0.717) is 24.6 Å². The van der Waals surface area contributed by atoms with Crippen LogP contribution in [0, 0.1) is 0 Å². The number of aromatic nitrogens is 2. The summed E-state index contributed by atoms with van der Waals surface area (Å²) in [5, 5.41) is 1.98. The third-order valence-electron chi connectivity index (χ3n) is 5.50. The maximum Gasteiger partial charge on any atom is 0.285 e. The summed E-state index contributed by atoms with van der Waals surface area (Å²) < 4.78 is 1.95. The van der Waals surface area contributed by atoms with Crippen molar-refractivity contribution in [3.8, 4) is 17.1 Å². The Labute approximate surface area is 176 Å². The van der Waals surface area contributed by atoms with Gasteiger partial charge >= 0.3 is 0 Å². The Morgan fingerprint density at radius 2 is 1.60 bits per heavy atom. The zero-order chi connectivity index (χ0) is 20.9. The van der Waals surface area contributed by atoms with E-state index in [4.69, 9.17) is 16.5 Å². The fraction of sp³-hybridized carbons (Fsp3) is 0.304. The molecule has 156 valence electrons. The number of nitrogens with one attached hydrogen (secondary N) is 1. The molecule has 1 fully saturated rings. The molecule has 0 spiro atoms. The molecule has 5 N–H and O–H groups in total. The zero-order valence-corrected chi connectivity index (χ0v) is 17.1. The molecule has 4 rings (SSSR count). The smallest absolute Gasteiger partial charge is 0.285 e. The van der Waals surface area contributed by atoms with Gasteiger partial charge in [-0.2, -0.15) is 0 Å². The maximum atomic E-state index is 13.0. The average molecular weight is 405 g/mol. The van der Waals surface area contributed by atoms with Crippen LogP contribution in [0.2, 0.25) is 0 Å². The lowest BCUT2D eigenvalue weighted by molar-refractivity contribution is 0.0745. The molecule has 1 aliphatic rings. The van der Waals surface area contributed by atoms with Crippen LogP contribution in [-0.2, 0) is 13.1 Å².